The SMILES string of the molecule is CCSC(C)CC1CC(=O)C(/C(CC)=N/OC/C=C/Cl)=C(O)C1.CS(=O)(=O)c1ccc(C(=O)C2C(=O)CCCC2=O)c(Cl)c1COCC(F)(F)F. The molecule has 0 radical (unpaired) electrons. The zero-order valence-corrected chi connectivity index (χ0v) is 31.8. The van der Waals surface area contributed by atoms with Gasteiger partial charge in [0.25, 0.3) is 0 Å². The van der Waals surface area contributed by atoms with Gasteiger partial charge >= 0.3 is 6.18 Å². The second kappa shape index (κ2) is 20.5. The number of hydrogen-bond donors (Lipinski definition) is 1. The van der Waals surface area contributed by atoms with E-state index in [1.54, 1.807) is 6.08 Å². The van der Waals surface area contributed by atoms with E-state index in [1.165, 1.54) is 5.54 Å². The van der Waals surface area contributed by atoms with Gasteiger partial charge in [-0.15, -0.1) is 0 Å². The first kappa shape index (κ1) is 44.4. The van der Waals surface area contributed by atoms with Gasteiger partial charge in [-0.05, 0) is 49.1 Å². The van der Waals surface area contributed by atoms with Gasteiger partial charge in [0, 0.05) is 53.9 Å². The first-order valence-corrected chi connectivity index (χ1v) is 19.9. The standard InChI is InChI=1S/C17H16ClF3O6S.C17H26ClNO3S/c1-28(25,26)13-6-5-9(15(18)10(13)7-27-8-17(19,20)21)16(24)14-11(22)3-2-4-12(14)23;1-4-14(19-22-8-6-7-18)17-15(20)10-13(11-16(17)21)9-12(3)23-5-2/h5-6,14H,2-4,7-8H2,1H3;6-7,12-13,20H,4-5,8-11H2,1-3H3/b;7-6+,19-14+. The number of carbonyl (C=O) groups excluding carboxylic acids is 4. The fourth-order valence-electron chi connectivity index (χ4n) is 5.67. The van der Waals surface area contributed by atoms with Crippen molar-refractivity contribution in [2.24, 2.45) is 17.0 Å². The molecule has 3 rings (SSSR count). The second-order valence-corrected chi connectivity index (χ2v) is 16.3. The summed E-state index contributed by atoms with van der Waals surface area (Å²) in [5, 5.41) is 14.4. The van der Waals surface area contributed by atoms with Gasteiger partial charge in [-0.2, -0.15) is 24.9 Å². The Labute approximate surface area is 310 Å². The van der Waals surface area contributed by atoms with E-state index in [0.717, 1.165) is 30.6 Å². The monoisotopic (exact) mass is 799 g/mol. The smallest absolute Gasteiger partial charge is 0.411 e. The quantitative estimate of drug-likeness (QED) is 0.0612. The van der Waals surface area contributed by atoms with Crippen LogP contribution in [0.3, 0.4) is 0 Å². The van der Waals surface area contributed by atoms with E-state index in [0.29, 0.717) is 42.2 Å². The molecular weight excluding hydrogens is 758 g/mol. The number of sulfone groups is 1. The zero-order valence-electron chi connectivity index (χ0n) is 28.7. The highest BCUT2D eigenvalue weighted by Gasteiger charge is 2.38. The van der Waals surface area contributed by atoms with Gasteiger partial charge < -0.3 is 14.7 Å². The molecule has 10 nitrogen and oxygen atoms in total. The Kier molecular flexibility index (Phi) is 17.9. The Hall–Kier alpha value is -2.72. The minimum atomic E-state index is -4.65. The lowest BCUT2D eigenvalue weighted by Gasteiger charge is -2.25. The number of aliphatic hydroxyl groups is 1. The molecule has 2 atom stereocenters. The Balaban J connectivity index is 0.000000361. The van der Waals surface area contributed by atoms with Crippen molar-refractivity contribution in [1.82, 2.24) is 0 Å². The molecule has 284 valence electrons. The number of thioether (sulfide) groups is 1. The molecule has 1 aromatic carbocycles. The molecule has 0 spiro atoms. The van der Waals surface area contributed by atoms with Gasteiger partial charge in [0.15, 0.2) is 33.0 Å². The molecule has 2 aliphatic carbocycles. The molecule has 0 bridgehead atoms. The van der Waals surface area contributed by atoms with Crippen LogP contribution in [0.15, 0.2) is 45.1 Å². The third-order valence-corrected chi connectivity index (χ3v) is 10.7. The number of halogens is 5. The van der Waals surface area contributed by atoms with Gasteiger partial charge in [0.1, 0.15) is 24.9 Å². The first-order valence-electron chi connectivity index (χ1n) is 16.1. The molecule has 2 unspecified atom stereocenters. The topological polar surface area (TPSA) is 153 Å². The molecule has 1 aromatic rings. The lowest BCUT2D eigenvalue weighted by Crippen LogP contribution is -2.35. The summed E-state index contributed by atoms with van der Waals surface area (Å²) in [5.41, 5.74) is 1.55. The minimum Gasteiger partial charge on any atom is -0.511 e. The average Bonchev–Trinajstić information content (AvgIpc) is 3.01. The van der Waals surface area contributed by atoms with Gasteiger partial charge in [-0.1, -0.05) is 49.1 Å². The van der Waals surface area contributed by atoms with E-state index in [2.05, 4.69) is 23.7 Å². The number of benzene rings is 1. The van der Waals surface area contributed by atoms with E-state index in [-0.39, 0.29) is 48.0 Å². The van der Waals surface area contributed by atoms with Crippen LogP contribution in [-0.2, 0) is 40.4 Å². The van der Waals surface area contributed by atoms with Crippen molar-refractivity contribution in [3.05, 3.63) is 51.2 Å². The molecule has 51 heavy (non-hydrogen) atoms. The van der Waals surface area contributed by atoms with Crippen molar-refractivity contribution in [2.45, 2.75) is 88.6 Å². The van der Waals surface area contributed by atoms with Crippen LogP contribution in [0.5, 0.6) is 0 Å². The number of carbonyl (C=O) groups is 4. The number of hydrogen-bond acceptors (Lipinski definition) is 11. The van der Waals surface area contributed by atoms with E-state index in [4.69, 9.17) is 28.0 Å². The Morgan fingerprint density at radius 2 is 1.80 bits per heavy atom. The molecule has 1 N–H and O–H groups in total. The molecule has 0 aliphatic heterocycles. The average molecular weight is 801 g/mol. The maximum atomic E-state index is 12.7. The minimum absolute atomic E-state index is 0.0375. The highest BCUT2D eigenvalue weighted by Crippen LogP contribution is 2.34. The van der Waals surface area contributed by atoms with Crippen molar-refractivity contribution in [2.75, 3.05) is 25.2 Å². The van der Waals surface area contributed by atoms with E-state index in [9.17, 15) is 45.9 Å². The van der Waals surface area contributed by atoms with Crippen LogP contribution in [0.1, 0.15) is 81.6 Å². The molecule has 2 aliphatic rings. The number of nitrogens with zero attached hydrogens (tertiary/aromatic N) is 1. The lowest BCUT2D eigenvalue weighted by atomic mass is 9.81. The number of allylic oxidation sites excluding steroid dienone is 2. The summed E-state index contributed by atoms with van der Waals surface area (Å²) in [6.07, 6.45) is 0.681. The van der Waals surface area contributed by atoms with Crippen LogP contribution in [0.2, 0.25) is 5.02 Å². The summed E-state index contributed by atoms with van der Waals surface area (Å²) >= 11 is 13.4. The van der Waals surface area contributed by atoms with E-state index in [1.807, 2.05) is 18.7 Å². The molecule has 0 saturated heterocycles. The third kappa shape index (κ3) is 13.6. The number of oxime groups is 1. The van der Waals surface area contributed by atoms with Crippen LogP contribution >= 0.6 is 35.0 Å². The number of rotatable bonds is 15. The molecule has 17 heteroatoms. The Morgan fingerprint density at radius 3 is 2.33 bits per heavy atom. The predicted molar refractivity (Wildman–Crippen MR) is 190 cm³/mol. The maximum absolute atomic E-state index is 12.7. The summed E-state index contributed by atoms with van der Waals surface area (Å²) in [6, 6.07) is 2.04. The summed E-state index contributed by atoms with van der Waals surface area (Å²) in [4.78, 5) is 53.8. The van der Waals surface area contributed by atoms with Crippen molar-refractivity contribution < 1.29 is 55.4 Å². The number of ether oxygens (including phenoxy) is 1. The van der Waals surface area contributed by atoms with Crippen molar-refractivity contribution in [3.63, 3.8) is 0 Å². The molecule has 0 aromatic heterocycles. The number of aliphatic hydroxyl groups excluding tert-OH is 1. The highest BCUT2D eigenvalue weighted by molar-refractivity contribution is 7.99. The molecule has 1 saturated carbocycles. The van der Waals surface area contributed by atoms with Crippen molar-refractivity contribution in [3.8, 4) is 0 Å². The van der Waals surface area contributed by atoms with E-state index >= 15 is 0 Å². The fourth-order valence-corrected chi connectivity index (χ4v) is 8.01. The molecule has 0 amide bonds. The number of ketones is 4. The molecule has 0 heterocycles. The van der Waals surface area contributed by atoms with Crippen LogP contribution in [0.25, 0.3) is 0 Å². The van der Waals surface area contributed by atoms with Crippen LogP contribution < -0.4 is 0 Å². The number of Topliss-reactive ketones (excluding diaryl/α,β-unsaturated/α-hetero) is 4. The highest BCUT2D eigenvalue weighted by atomic mass is 35.5. The normalized spacial score (nSPS) is 18.6. The van der Waals surface area contributed by atoms with Crippen molar-refractivity contribution >= 4 is 73.6 Å². The lowest BCUT2D eigenvalue weighted by molar-refractivity contribution is -0.176. The van der Waals surface area contributed by atoms with Crippen molar-refractivity contribution in [1.29, 1.82) is 0 Å². The zero-order chi connectivity index (χ0) is 38.5. The Bertz CT molecular complexity index is 1630. The first-order chi connectivity index (χ1) is 23.9. The largest absolute Gasteiger partial charge is 0.511 e. The molecule has 1 fully saturated rings. The van der Waals surface area contributed by atoms with Gasteiger partial charge in [-0.3, -0.25) is 19.2 Å². The number of alkyl halides is 3. The van der Waals surface area contributed by atoms with Gasteiger partial charge in [0.05, 0.1) is 27.8 Å². The Morgan fingerprint density at radius 1 is 1.16 bits per heavy atom. The summed E-state index contributed by atoms with van der Waals surface area (Å²) in [7, 11) is -3.90. The second-order valence-electron chi connectivity index (χ2n) is 11.9. The summed E-state index contributed by atoms with van der Waals surface area (Å²) in [5.74, 6) is -2.20. The van der Waals surface area contributed by atoms with Gasteiger partial charge in [-0.25, -0.2) is 8.42 Å². The van der Waals surface area contributed by atoms with E-state index < -0.39 is 62.4 Å². The van der Waals surface area contributed by atoms with Crippen LogP contribution in [0, 0.1) is 11.8 Å². The van der Waals surface area contributed by atoms with Crippen LogP contribution in [0.4, 0.5) is 13.2 Å². The van der Waals surface area contributed by atoms with Crippen LogP contribution in [-0.4, -0.2) is 79.0 Å². The molecular formula is C34H42Cl2F3NO9S2. The predicted octanol–water partition coefficient (Wildman–Crippen LogP) is 7.79. The maximum Gasteiger partial charge on any atom is 0.411 e. The fraction of sp³-hybridized carbons (Fsp3) is 0.559. The summed E-state index contributed by atoms with van der Waals surface area (Å²) < 4.78 is 65.3. The van der Waals surface area contributed by atoms with Gasteiger partial charge in [0.2, 0.25) is 0 Å². The summed E-state index contributed by atoms with van der Waals surface area (Å²) in [6.45, 7) is 3.96. The third-order valence-electron chi connectivity index (χ3n) is 7.83.